The molecule has 8 heteroatoms. The van der Waals surface area contributed by atoms with Crippen molar-refractivity contribution in [3.8, 4) is 0 Å². The van der Waals surface area contributed by atoms with E-state index >= 15 is 0 Å². The summed E-state index contributed by atoms with van der Waals surface area (Å²) in [5, 5.41) is 8.46. The summed E-state index contributed by atoms with van der Waals surface area (Å²) in [6.07, 6.45) is 0.574. The Kier molecular flexibility index (Phi) is 4.83. The van der Waals surface area contributed by atoms with E-state index in [-0.39, 0.29) is 18.2 Å². The number of carbonyl (C=O) groups excluding carboxylic acids is 1. The van der Waals surface area contributed by atoms with Crippen molar-refractivity contribution in [3.63, 3.8) is 0 Å². The average Bonchev–Trinajstić information content (AvgIpc) is 2.53. The van der Waals surface area contributed by atoms with Crippen LogP contribution in [-0.2, 0) is 9.47 Å². The Labute approximate surface area is 146 Å². The van der Waals surface area contributed by atoms with Crippen LogP contribution in [0.25, 0.3) is 0 Å². The van der Waals surface area contributed by atoms with Crippen molar-refractivity contribution < 1.29 is 14.3 Å². The first-order chi connectivity index (χ1) is 11.3. The zero-order chi connectivity index (χ0) is 17.3. The molecule has 0 bridgehead atoms. The normalized spacial score (nSPS) is 24.5. The lowest BCUT2D eigenvalue weighted by molar-refractivity contribution is -0.0372. The van der Waals surface area contributed by atoms with E-state index in [4.69, 9.17) is 21.1 Å². The molecule has 0 radical (unpaired) electrons. The molecule has 2 aliphatic rings. The van der Waals surface area contributed by atoms with E-state index in [1.165, 1.54) is 0 Å². The van der Waals surface area contributed by atoms with Crippen molar-refractivity contribution in [1.29, 1.82) is 0 Å². The van der Waals surface area contributed by atoms with Crippen LogP contribution in [0.2, 0.25) is 5.15 Å². The lowest BCUT2D eigenvalue weighted by Crippen LogP contribution is -2.61. The Morgan fingerprint density at radius 1 is 1.33 bits per heavy atom. The third-order valence-electron chi connectivity index (χ3n) is 4.15. The Morgan fingerprint density at radius 3 is 2.79 bits per heavy atom. The molecule has 24 heavy (non-hydrogen) atoms. The van der Waals surface area contributed by atoms with Gasteiger partial charge in [-0.15, -0.1) is 10.2 Å². The summed E-state index contributed by atoms with van der Waals surface area (Å²) in [5.41, 5.74) is -0.502. The quantitative estimate of drug-likeness (QED) is 0.771. The minimum atomic E-state index is -0.502. The lowest BCUT2D eigenvalue weighted by atomic mass is 9.99. The van der Waals surface area contributed by atoms with Gasteiger partial charge in [-0.2, -0.15) is 0 Å². The molecular formula is C16H23ClN4O3. The van der Waals surface area contributed by atoms with Crippen LogP contribution in [0.1, 0.15) is 27.2 Å². The van der Waals surface area contributed by atoms with E-state index in [0.717, 1.165) is 12.2 Å². The number of ether oxygens (including phenoxy) is 2. The molecule has 3 heterocycles. The van der Waals surface area contributed by atoms with E-state index in [1.54, 1.807) is 11.0 Å². The summed E-state index contributed by atoms with van der Waals surface area (Å²) >= 11 is 5.83. The Bertz CT molecular complexity index is 590. The second-order valence-electron chi connectivity index (χ2n) is 7.10. The fourth-order valence-corrected chi connectivity index (χ4v) is 3.21. The Morgan fingerprint density at radius 2 is 2.12 bits per heavy atom. The van der Waals surface area contributed by atoms with Crippen molar-refractivity contribution >= 4 is 23.5 Å². The van der Waals surface area contributed by atoms with Gasteiger partial charge < -0.3 is 19.3 Å². The van der Waals surface area contributed by atoms with Crippen molar-refractivity contribution in [2.45, 2.75) is 44.9 Å². The molecule has 3 rings (SSSR count). The second kappa shape index (κ2) is 6.72. The van der Waals surface area contributed by atoms with Gasteiger partial charge in [0.05, 0.1) is 18.8 Å². The van der Waals surface area contributed by atoms with Gasteiger partial charge in [0.15, 0.2) is 11.0 Å². The number of anilines is 1. The molecule has 1 aromatic heterocycles. The van der Waals surface area contributed by atoms with Crippen LogP contribution in [0, 0.1) is 0 Å². The number of hydrogen-bond acceptors (Lipinski definition) is 6. The third-order valence-corrected chi connectivity index (χ3v) is 4.35. The maximum atomic E-state index is 12.4. The molecule has 2 fully saturated rings. The molecule has 0 aromatic carbocycles. The molecule has 2 aliphatic heterocycles. The predicted octanol–water partition coefficient (Wildman–Crippen LogP) is 2.34. The molecule has 0 aliphatic carbocycles. The van der Waals surface area contributed by atoms with Gasteiger partial charge in [-0.05, 0) is 39.3 Å². The fourth-order valence-electron chi connectivity index (χ4n) is 3.11. The maximum Gasteiger partial charge on any atom is 0.410 e. The first kappa shape index (κ1) is 17.2. The first-order valence-electron chi connectivity index (χ1n) is 8.19. The number of nitrogens with zero attached hydrogens (tertiary/aromatic N) is 4. The van der Waals surface area contributed by atoms with E-state index < -0.39 is 5.60 Å². The van der Waals surface area contributed by atoms with Gasteiger partial charge in [0.25, 0.3) is 0 Å². The second-order valence-corrected chi connectivity index (χ2v) is 7.49. The smallest absolute Gasteiger partial charge is 0.410 e. The zero-order valence-electron chi connectivity index (χ0n) is 14.2. The highest BCUT2D eigenvalue weighted by Gasteiger charge is 2.40. The van der Waals surface area contributed by atoms with E-state index in [9.17, 15) is 4.79 Å². The summed E-state index contributed by atoms with van der Waals surface area (Å²) in [6.45, 7) is 8.14. The number of aromatic nitrogens is 2. The van der Waals surface area contributed by atoms with Crippen molar-refractivity contribution in [3.05, 3.63) is 17.3 Å². The molecule has 2 saturated heterocycles. The molecular weight excluding hydrogens is 332 g/mol. The van der Waals surface area contributed by atoms with Crippen molar-refractivity contribution in [2.75, 3.05) is 31.1 Å². The number of morpholine rings is 1. The minimum Gasteiger partial charge on any atom is -0.444 e. The van der Waals surface area contributed by atoms with Gasteiger partial charge in [-0.1, -0.05) is 11.6 Å². The summed E-state index contributed by atoms with van der Waals surface area (Å²) < 4.78 is 11.4. The van der Waals surface area contributed by atoms with E-state index in [2.05, 4.69) is 15.1 Å². The maximum absolute atomic E-state index is 12.4. The van der Waals surface area contributed by atoms with Crippen LogP contribution >= 0.6 is 11.6 Å². The highest BCUT2D eigenvalue weighted by Crippen LogP contribution is 2.27. The number of amides is 1. The van der Waals surface area contributed by atoms with E-state index in [0.29, 0.717) is 31.4 Å². The summed E-state index contributed by atoms with van der Waals surface area (Å²) in [6, 6.07) is 3.61. The van der Waals surface area contributed by atoms with Crippen LogP contribution in [0.5, 0.6) is 0 Å². The molecule has 7 nitrogen and oxygen atoms in total. The molecule has 0 unspecified atom stereocenters. The Balaban J connectivity index is 1.74. The van der Waals surface area contributed by atoms with Gasteiger partial charge in [0.1, 0.15) is 5.60 Å². The number of piperidine rings is 1. The molecule has 1 aromatic rings. The standard InChI is InChI=1S/C16H23ClN4O3/c1-16(2,3)24-15(22)20-7-6-12-11(10-20)21(8-9-23-12)14-5-4-13(17)18-19-14/h4-5,11-12H,6-10H2,1-3H3/t11-,12-/m1/s1. The van der Waals surface area contributed by atoms with Crippen molar-refractivity contribution in [1.82, 2.24) is 15.1 Å². The van der Waals surface area contributed by atoms with Crippen LogP contribution in [0.4, 0.5) is 10.6 Å². The molecule has 1 amide bonds. The Hall–Kier alpha value is -1.60. The largest absolute Gasteiger partial charge is 0.444 e. The number of likely N-dealkylation sites (tertiary alicyclic amines) is 1. The number of fused-ring (bicyclic) bond motifs is 1. The highest BCUT2D eigenvalue weighted by atomic mass is 35.5. The van der Waals surface area contributed by atoms with Gasteiger partial charge in [-0.3, -0.25) is 0 Å². The van der Waals surface area contributed by atoms with Gasteiger partial charge >= 0.3 is 6.09 Å². The van der Waals surface area contributed by atoms with Crippen LogP contribution in [0.3, 0.4) is 0 Å². The van der Waals surface area contributed by atoms with Crippen LogP contribution < -0.4 is 4.90 Å². The van der Waals surface area contributed by atoms with Crippen LogP contribution in [-0.4, -0.2) is 65.2 Å². The van der Waals surface area contributed by atoms with Crippen molar-refractivity contribution in [2.24, 2.45) is 0 Å². The molecule has 2 atom stereocenters. The zero-order valence-corrected chi connectivity index (χ0v) is 15.0. The number of hydrogen-bond donors (Lipinski definition) is 0. The van der Waals surface area contributed by atoms with Gasteiger partial charge in [0.2, 0.25) is 0 Å². The van der Waals surface area contributed by atoms with E-state index in [1.807, 2.05) is 26.8 Å². The van der Waals surface area contributed by atoms with Crippen LogP contribution in [0.15, 0.2) is 12.1 Å². The van der Waals surface area contributed by atoms with Gasteiger partial charge in [-0.25, -0.2) is 4.79 Å². The molecule has 132 valence electrons. The summed E-state index contributed by atoms with van der Waals surface area (Å²) in [5.74, 6) is 0.753. The number of carbonyl (C=O) groups is 1. The highest BCUT2D eigenvalue weighted by molar-refractivity contribution is 6.29. The SMILES string of the molecule is CC(C)(C)OC(=O)N1CC[C@H]2OCCN(c3ccc(Cl)nn3)[C@@H]2C1. The minimum absolute atomic E-state index is 0.0375. The average molecular weight is 355 g/mol. The molecule has 0 spiro atoms. The third kappa shape index (κ3) is 3.89. The number of halogens is 1. The topological polar surface area (TPSA) is 67.8 Å². The molecule has 0 saturated carbocycles. The lowest BCUT2D eigenvalue weighted by Gasteiger charge is -2.47. The fraction of sp³-hybridized carbons (Fsp3) is 0.688. The first-order valence-corrected chi connectivity index (χ1v) is 8.57. The number of rotatable bonds is 1. The molecule has 0 N–H and O–H groups in total. The monoisotopic (exact) mass is 354 g/mol. The summed E-state index contributed by atoms with van der Waals surface area (Å²) in [7, 11) is 0. The predicted molar refractivity (Wildman–Crippen MR) is 90.3 cm³/mol. The van der Waals surface area contributed by atoms with Gasteiger partial charge in [0, 0.05) is 19.6 Å². The summed E-state index contributed by atoms with van der Waals surface area (Å²) in [4.78, 5) is 16.3.